The van der Waals surface area contributed by atoms with Gasteiger partial charge in [-0.1, -0.05) is 11.8 Å². The number of carbonyl (C=O) groups is 1. The van der Waals surface area contributed by atoms with E-state index in [0.717, 1.165) is 5.75 Å². The van der Waals surface area contributed by atoms with Crippen LogP contribution >= 0.6 is 11.8 Å². The van der Waals surface area contributed by atoms with Crippen LogP contribution in [0.5, 0.6) is 0 Å². The molecule has 1 aliphatic rings. The van der Waals surface area contributed by atoms with E-state index in [-0.39, 0.29) is 16.8 Å². The van der Waals surface area contributed by atoms with Crippen LogP contribution in [0, 0.1) is 5.82 Å². The number of nitrogens with zero attached hydrogens (tertiary/aromatic N) is 2. The first kappa shape index (κ1) is 12.9. The fourth-order valence-corrected chi connectivity index (χ4v) is 2.81. The number of thioether (sulfide) groups is 1. The zero-order chi connectivity index (χ0) is 14.1. The quantitative estimate of drug-likeness (QED) is 0.856. The van der Waals surface area contributed by atoms with E-state index in [1.807, 2.05) is 0 Å². The molecule has 0 saturated carbocycles. The molecule has 1 amide bonds. The maximum atomic E-state index is 12.8. The minimum absolute atomic E-state index is 0.130. The molecule has 0 atom stereocenters. The number of halogens is 1. The van der Waals surface area contributed by atoms with Crippen LogP contribution in [-0.4, -0.2) is 21.2 Å². The van der Waals surface area contributed by atoms with Crippen molar-refractivity contribution in [1.82, 2.24) is 9.55 Å². The van der Waals surface area contributed by atoms with Gasteiger partial charge in [0, 0.05) is 17.9 Å². The number of carbonyl (C=O) groups excluding carboxylic acids is 1. The largest absolute Gasteiger partial charge is 0.316 e. The molecule has 2 heterocycles. The summed E-state index contributed by atoms with van der Waals surface area (Å²) in [6, 6.07) is 5.11. The van der Waals surface area contributed by atoms with Gasteiger partial charge in [0.05, 0.1) is 6.20 Å². The summed E-state index contributed by atoms with van der Waals surface area (Å²) in [7, 11) is 0. The van der Waals surface area contributed by atoms with Crippen molar-refractivity contribution >= 4 is 23.4 Å². The molecule has 0 bridgehead atoms. The van der Waals surface area contributed by atoms with Gasteiger partial charge in [0.2, 0.25) is 0 Å². The zero-order valence-corrected chi connectivity index (χ0v) is 11.1. The summed E-state index contributed by atoms with van der Waals surface area (Å²) in [5, 5.41) is 3.17. The van der Waals surface area contributed by atoms with Crippen LogP contribution in [0.25, 0.3) is 0 Å². The number of hydrogen-bond donors (Lipinski definition) is 1. The number of fused-ring (bicyclic) bond motifs is 1. The van der Waals surface area contributed by atoms with E-state index in [0.29, 0.717) is 11.7 Å². The van der Waals surface area contributed by atoms with Gasteiger partial charge in [-0.2, -0.15) is 0 Å². The van der Waals surface area contributed by atoms with Crippen molar-refractivity contribution in [2.24, 2.45) is 0 Å². The van der Waals surface area contributed by atoms with Gasteiger partial charge in [0.25, 0.3) is 11.5 Å². The van der Waals surface area contributed by atoms with Crippen LogP contribution in [-0.2, 0) is 6.54 Å². The molecule has 102 valence electrons. The van der Waals surface area contributed by atoms with Crippen molar-refractivity contribution in [3.63, 3.8) is 0 Å². The van der Waals surface area contributed by atoms with Crippen LogP contribution in [0.4, 0.5) is 10.1 Å². The third-order valence-corrected chi connectivity index (χ3v) is 3.88. The summed E-state index contributed by atoms with van der Waals surface area (Å²) >= 11 is 1.51. The maximum Gasteiger partial charge on any atom is 0.277 e. The molecular weight excluding hydrogens is 281 g/mol. The Bertz CT molecular complexity index is 727. The van der Waals surface area contributed by atoms with Gasteiger partial charge >= 0.3 is 0 Å². The number of nitrogens with one attached hydrogen (secondary N) is 1. The first-order chi connectivity index (χ1) is 9.65. The van der Waals surface area contributed by atoms with Crippen molar-refractivity contribution in [3.05, 3.63) is 52.2 Å². The topological polar surface area (TPSA) is 64.0 Å². The second-order valence-electron chi connectivity index (χ2n) is 4.22. The highest BCUT2D eigenvalue weighted by atomic mass is 32.2. The second kappa shape index (κ2) is 5.09. The van der Waals surface area contributed by atoms with Crippen LogP contribution in [0.1, 0.15) is 10.4 Å². The Kier molecular flexibility index (Phi) is 3.27. The van der Waals surface area contributed by atoms with Crippen molar-refractivity contribution in [2.75, 3.05) is 11.1 Å². The first-order valence-corrected chi connectivity index (χ1v) is 6.93. The monoisotopic (exact) mass is 291 g/mol. The minimum atomic E-state index is -0.463. The molecule has 3 rings (SSSR count). The van der Waals surface area contributed by atoms with Gasteiger partial charge in [-0.15, -0.1) is 0 Å². The van der Waals surface area contributed by atoms with Crippen molar-refractivity contribution in [3.8, 4) is 0 Å². The summed E-state index contributed by atoms with van der Waals surface area (Å²) in [6.45, 7) is 0.589. The predicted octanol–water partition coefficient (Wildman–Crippen LogP) is 1.74. The van der Waals surface area contributed by atoms with E-state index in [4.69, 9.17) is 0 Å². The third kappa shape index (κ3) is 2.32. The molecule has 0 saturated heterocycles. The summed E-state index contributed by atoms with van der Waals surface area (Å²) in [6.07, 6.45) is 1.36. The molecule has 2 aromatic rings. The Hall–Kier alpha value is -2.15. The lowest BCUT2D eigenvalue weighted by Gasteiger charge is -2.07. The number of aromatic nitrogens is 2. The summed E-state index contributed by atoms with van der Waals surface area (Å²) in [5.74, 6) is -0.0784. The average Bonchev–Trinajstić information content (AvgIpc) is 2.92. The molecule has 0 radical (unpaired) electrons. The summed E-state index contributed by atoms with van der Waals surface area (Å²) in [4.78, 5) is 28.2. The Labute approximate surface area is 117 Å². The number of amides is 1. The van der Waals surface area contributed by atoms with Gasteiger partial charge < -0.3 is 5.32 Å². The average molecular weight is 291 g/mol. The maximum absolute atomic E-state index is 12.8. The van der Waals surface area contributed by atoms with Gasteiger partial charge in [-0.25, -0.2) is 9.37 Å². The fraction of sp³-hybridized carbons (Fsp3) is 0.154. The fourth-order valence-electron chi connectivity index (χ4n) is 1.90. The van der Waals surface area contributed by atoms with Crippen LogP contribution < -0.4 is 10.9 Å². The van der Waals surface area contributed by atoms with Crippen molar-refractivity contribution in [2.45, 2.75) is 11.7 Å². The van der Waals surface area contributed by atoms with E-state index in [1.54, 1.807) is 0 Å². The Balaban J connectivity index is 1.87. The normalized spacial score (nSPS) is 13.1. The highest BCUT2D eigenvalue weighted by Crippen LogP contribution is 2.21. The second-order valence-corrected chi connectivity index (χ2v) is 5.28. The number of benzene rings is 1. The smallest absolute Gasteiger partial charge is 0.277 e. The lowest BCUT2D eigenvalue weighted by Crippen LogP contribution is -2.26. The van der Waals surface area contributed by atoms with Crippen molar-refractivity contribution in [1.29, 1.82) is 0 Å². The van der Waals surface area contributed by atoms with Crippen LogP contribution in [0.2, 0.25) is 0 Å². The van der Waals surface area contributed by atoms with E-state index in [1.165, 1.54) is 46.8 Å². The van der Waals surface area contributed by atoms with Crippen LogP contribution in [0.15, 0.2) is 40.4 Å². The molecule has 7 heteroatoms. The lowest BCUT2D eigenvalue weighted by atomic mass is 10.2. The number of anilines is 1. The molecular formula is C13H10FN3O2S. The molecule has 20 heavy (non-hydrogen) atoms. The van der Waals surface area contributed by atoms with E-state index in [9.17, 15) is 14.0 Å². The summed E-state index contributed by atoms with van der Waals surface area (Å²) in [5.41, 5.74) is 0.145. The van der Waals surface area contributed by atoms with E-state index >= 15 is 0 Å². The third-order valence-electron chi connectivity index (χ3n) is 2.91. The zero-order valence-electron chi connectivity index (χ0n) is 10.3. The highest BCUT2D eigenvalue weighted by molar-refractivity contribution is 7.99. The van der Waals surface area contributed by atoms with E-state index < -0.39 is 11.7 Å². The lowest BCUT2D eigenvalue weighted by molar-refractivity contribution is 0.102. The molecule has 1 aromatic heterocycles. The number of hydrogen-bond acceptors (Lipinski definition) is 4. The van der Waals surface area contributed by atoms with Gasteiger partial charge in [0.1, 0.15) is 11.5 Å². The predicted molar refractivity (Wildman–Crippen MR) is 73.6 cm³/mol. The molecule has 0 unspecified atom stereocenters. The van der Waals surface area contributed by atoms with Gasteiger partial charge in [0.15, 0.2) is 5.16 Å². The van der Waals surface area contributed by atoms with Crippen LogP contribution in [0.3, 0.4) is 0 Å². The molecule has 5 nitrogen and oxygen atoms in total. The van der Waals surface area contributed by atoms with Gasteiger partial charge in [-0.3, -0.25) is 14.2 Å². The summed E-state index contributed by atoms with van der Waals surface area (Å²) < 4.78 is 14.3. The highest BCUT2D eigenvalue weighted by Gasteiger charge is 2.17. The molecule has 0 aliphatic carbocycles. The minimum Gasteiger partial charge on any atom is -0.316 e. The Morgan fingerprint density at radius 3 is 2.85 bits per heavy atom. The number of rotatable bonds is 2. The van der Waals surface area contributed by atoms with E-state index in [2.05, 4.69) is 10.3 Å². The Morgan fingerprint density at radius 1 is 1.35 bits per heavy atom. The molecule has 1 aromatic carbocycles. The SMILES string of the molecule is O=C(Nc1cnc2n(c1=O)CCS2)c1ccc(F)cc1. The standard InChI is InChI=1S/C13H10FN3O2S/c14-9-3-1-8(2-4-9)11(18)16-10-7-15-13-17(12(10)19)5-6-20-13/h1-4,7H,5-6H2,(H,16,18). The van der Waals surface area contributed by atoms with Crippen molar-refractivity contribution < 1.29 is 9.18 Å². The van der Waals surface area contributed by atoms with Gasteiger partial charge in [-0.05, 0) is 24.3 Å². The molecule has 0 spiro atoms. The molecule has 1 N–H and O–H groups in total. The molecule has 0 fully saturated rings. The Morgan fingerprint density at radius 2 is 2.10 bits per heavy atom. The molecule has 1 aliphatic heterocycles. The first-order valence-electron chi connectivity index (χ1n) is 5.95.